The number of likely N-dealkylation sites (N-methyl/N-ethyl adjacent to an activating group) is 1. The van der Waals surface area contributed by atoms with E-state index in [1.165, 1.54) is 0 Å². The van der Waals surface area contributed by atoms with E-state index in [4.69, 9.17) is 0 Å². The molecule has 100 valence electrons. The second-order valence-electron chi connectivity index (χ2n) is 4.65. The van der Waals surface area contributed by atoms with Gasteiger partial charge in [0.05, 0.1) is 0 Å². The summed E-state index contributed by atoms with van der Waals surface area (Å²) in [5, 5.41) is 18.6. The van der Waals surface area contributed by atoms with Crippen LogP contribution in [0, 0.1) is 0 Å². The van der Waals surface area contributed by atoms with Gasteiger partial charge in [-0.25, -0.2) is 0 Å². The first-order valence-electron chi connectivity index (χ1n) is 6.01. The smallest absolute Gasteiger partial charge is 0.423 e. The highest BCUT2D eigenvalue weighted by Crippen LogP contribution is 2.06. The standard InChI is InChI=1S/C12H19BN2O2.H2O/c1-14-6-8-15(9-7-14)10-11-4-2-3-5-12(11)13(16)17;/h2-5,16-17H,6-10H2,1H3;1H2. The van der Waals surface area contributed by atoms with Crippen molar-refractivity contribution in [1.29, 1.82) is 0 Å². The first-order chi connectivity index (χ1) is 8.16. The fourth-order valence-corrected chi connectivity index (χ4v) is 2.18. The Morgan fingerprint density at radius 1 is 1.11 bits per heavy atom. The minimum atomic E-state index is -1.38. The summed E-state index contributed by atoms with van der Waals surface area (Å²) in [6, 6.07) is 7.52. The number of benzene rings is 1. The van der Waals surface area contributed by atoms with E-state index in [9.17, 15) is 10.0 Å². The number of hydrogen-bond acceptors (Lipinski definition) is 4. The van der Waals surface area contributed by atoms with Crippen LogP contribution in [-0.4, -0.2) is 65.7 Å². The van der Waals surface area contributed by atoms with Crippen molar-refractivity contribution in [3.8, 4) is 0 Å². The van der Waals surface area contributed by atoms with Crippen LogP contribution in [0.2, 0.25) is 0 Å². The van der Waals surface area contributed by atoms with Crippen molar-refractivity contribution in [2.24, 2.45) is 0 Å². The molecule has 1 heterocycles. The van der Waals surface area contributed by atoms with Crippen LogP contribution in [0.25, 0.3) is 0 Å². The van der Waals surface area contributed by atoms with Crippen molar-refractivity contribution in [2.45, 2.75) is 6.54 Å². The monoisotopic (exact) mass is 252 g/mol. The van der Waals surface area contributed by atoms with E-state index in [1.54, 1.807) is 6.07 Å². The maximum atomic E-state index is 9.30. The third-order valence-electron chi connectivity index (χ3n) is 3.32. The average Bonchev–Trinajstić information content (AvgIpc) is 2.32. The summed E-state index contributed by atoms with van der Waals surface area (Å²) in [7, 11) is 0.752. The molecular formula is C12H21BN2O3. The molecule has 1 fully saturated rings. The van der Waals surface area contributed by atoms with Crippen LogP contribution in [0.4, 0.5) is 0 Å². The Morgan fingerprint density at radius 3 is 2.33 bits per heavy atom. The van der Waals surface area contributed by atoms with Crippen LogP contribution < -0.4 is 5.46 Å². The molecule has 6 heteroatoms. The summed E-state index contributed by atoms with van der Waals surface area (Å²) >= 11 is 0. The van der Waals surface area contributed by atoms with E-state index >= 15 is 0 Å². The van der Waals surface area contributed by atoms with Crippen molar-refractivity contribution >= 4 is 12.6 Å². The minimum absolute atomic E-state index is 0. The summed E-state index contributed by atoms with van der Waals surface area (Å²) in [5.74, 6) is 0. The van der Waals surface area contributed by atoms with E-state index in [1.807, 2.05) is 18.2 Å². The molecule has 1 aliphatic heterocycles. The molecule has 0 atom stereocenters. The van der Waals surface area contributed by atoms with Crippen LogP contribution in [0.5, 0.6) is 0 Å². The Balaban J connectivity index is 0.00000162. The molecule has 0 amide bonds. The Kier molecular flexibility index (Phi) is 5.78. The molecule has 0 bridgehead atoms. The lowest BCUT2D eigenvalue weighted by Gasteiger charge is -2.32. The average molecular weight is 252 g/mol. The van der Waals surface area contributed by atoms with E-state index in [0.717, 1.165) is 38.3 Å². The Hall–Kier alpha value is -0.915. The van der Waals surface area contributed by atoms with Crippen LogP contribution >= 0.6 is 0 Å². The largest absolute Gasteiger partial charge is 0.488 e. The first kappa shape index (κ1) is 15.1. The fourth-order valence-electron chi connectivity index (χ4n) is 2.18. The predicted molar refractivity (Wildman–Crippen MR) is 72.7 cm³/mol. The van der Waals surface area contributed by atoms with Gasteiger partial charge >= 0.3 is 7.12 Å². The second kappa shape index (κ2) is 6.87. The molecule has 0 spiro atoms. The molecule has 18 heavy (non-hydrogen) atoms. The van der Waals surface area contributed by atoms with Gasteiger partial charge in [0.15, 0.2) is 0 Å². The zero-order valence-corrected chi connectivity index (χ0v) is 10.7. The molecule has 0 radical (unpaired) electrons. The Labute approximate surface area is 108 Å². The summed E-state index contributed by atoms with van der Waals surface area (Å²) in [5.41, 5.74) is 1.62. The molecule has 1 aromatic rings. The van der Waals surface area contributed by atoms with Crippen molar-refractivity contribution < 1.29 is 15.5 Å². The van der Waals surface area contributed by atoms with Crippen molar-refractivity contribution in [3.05, 3.63) is 29.8 Å². The van der Waals surface area contributed by atoms with Gasteiger partial charge in [-0.2, -0.15) is 0 Å². The molecule has 1 aromatic carbocycles. The Bertz CT molecular complexity index is 368. The highest BCUT2D eigenvalue weighted by Gasteiger charge is 2.19. The molecule has 0 saturated carbocycles. The first-order valence-corrected chi connectivity index (χ1v) is 6.01. The molecule has 2 rings (SSSR count). The minimum Gasteiger partial charge on any atom is -0.423 e. The van der Waals surface area contributed by atoms with Gasteiger partial charge in [-0.05, 0) is 18.1 Å². The lowest BCUT2D eigenvalue weighted by molar-refractivity contribution is 0.148. The van der Waals surface area contributed by atoms with Crippen LogP contribution in [0.15, 0.2) is 24.3 Å². The molecule has 1 saturated heterocycles. The third-order valence-corrected chi connectivity index (χ3v) is 3.32. The molecule has 0 aromatic heterocycles. The maximum Gasteiger partial charge on any atom is 0.488 e. The topological polar surface area (TPSA) is 78.4 Å². The van der Waals surface area contributed by atoms with Gasteiger partial charge in [0.25, 0.3) is 0 Å². The van der Waals surface area contributed by atoms with Crippen LogP contribution in [0.1, 0.15) is 5.56 Å². The van der Waals surface area contributed by atoms with Gasteiger partial charge in [-0.1, -0.05) is 24.3 Å². The molecular weight excluding hydrogens is 231 g/mol. The van der Waals surface area contributed by atoms with Crippen LogP contribution in [-0.2, 0) is 6.54 Å². The van der Waals surface area contributed by atoms with Gasteiger partial charge in [0, 0.05) is 32.7 Å². The summed E-state index contributed by atoms with van der Waals surface area (Å²) in [6.45, 7) is 5.01. The van der Waals surface area contributed by atoms with Gasteiger partial charge in [0.1, 0.15) is 0 Å². The van der Waals surface area contributed by atoms with Gasteiger partial charge in [-0.15, -0.1) is 0 Å². The summed E-state index contributed by atoms with van der Waals surface area (Å²) in [4.78, 5) is 4.66. The van der Waals surface area contributed by atoms with E-state index in [0.29, 0.717) is 5.46 Å². The van der Waals surface area contributed by atoms with Gasteiger partial charge in [0.2, 0.25) is 0 Å². The van der Waals surface area contributed by atoms with Gasteiger partial charge in [-0.3, -0.25) is 4.90 Å². The lowest BCUT2D eigenvalue weighted by atomic mass is 9.77. The summed E-state index contributed by atoms with van der Waals surface area (Å²) in [6.07, 6.45) is 0. The number of piperazine rings is 1. The Morgan fingerprint density at radius 2 is 1.72 bits per heavy atom. The zero-order chi connectivity index (χ0) is 12.3. The molecule has 0 aliphatic carbocycles. The maximum absolute atomic E-state index is 9.30. The van der Waals surface area contributed by atoms with Crippen molar-refractivity contribution in [3.63, 3.8) is 0 Å². The molecule has 4 N–H and O–H groups in total. The second-order valence-corrected chi connectivity index (χ2v) is 4.65. The lowest BCUT2D eigenvalue weighted by Crippen LogP contribution is -2.45. The number of hydrogen-bond donors (Lipinski definition) is 2. The van der Waals surface area contributed by atoms with E-state index in [-0.39, 0.29) is 5.48 Å². The number of nitrogens with zero attached hydrogens (tertiary/aromatic N) is 2. The quantitative estimate of drug-likeness (QED) is 0.628. The van der Waals surface area contributed by atoms with Crippen molar-refractivity contribution in [2.75, 3.05) is 33.2 Å². The highest BCUT2D eigenvalue weighted by molar-refractivity contribution is 6.59. The van der Waals surface area contributed by atoms with Crippen molar-refractivity contribution in [1.82, 2.24) is 9.80 Å². The van der Waals surface area contributed by atoms with Crippen LogP contribution in [0.3, 0.4) is 0 Å². The molecule has 1 aliphatic rings. The zero-order valence-electron chi connectivity index (χ0n) is 10.7. The summed E-state index contributed by atoms with van der Waals surface area (Å²) < 4.78 is 0. The van der Waals surface area contributed by atoms with E-state index < -0.39 is 7.12 Å². The predicted octanol–water partition coefficient (Wildman–Crippen LogP) is -1.71. The SMILES string of the molecule is CN1CCN(Cc2ccccc2B(O)O)CC1.O. The normalized spacial score (nSPS) is 17.3. The highest BCUT2D eigenvalue weighted by atomic mass is 16.4. The third kappa shape index (κ3) is 3.79. The van der Waals surface area contributed by atoms with Gasteiger partial charge < -0.3 is 20.4 Å². The molecule has 0 unspecified atom stereocenters. The van der Waals surface area contributed by atoms with E-state index in [2.05, 4.69) is 16.8 Å². The number of rotatable bonds is 3. The molecule has 5 nitrogen and oxygen atoms in total. The fraction of sp³-hybridized carbons (Fsp3) is 0.500.